The Balaban J connectivity index is 0.000000320. The van der Waals surface area contributed by atoms with Crippen LogP contribution in [0.5, 0.6) is 11.8 Å². The molecule has 0 amide bonds. The minimum Gasteiger partial charge on any atom is -0.857 e. The number of aromatic nitrogens is 4. The molecule has 0 fully saturated rings. The fourth-order valence-electron chi connectivity index (χ4n) is 5.16. The Labute approximate surface area is 369 Å². The first kappa shape index (κ1) is 47.6. The number of halogens is 2. The predicted molar refractivity (Wildman–Crippen MR) is 209 cm³/mol. The normalized spacial score (nSPS) is 11.6. The van der Waals surface area contributed by atoms with Crippen molar-refractivity contribution in [3.63, 3.8) is 0 Å². The molecule has 0 bridgehead atoms. The maximum Gasteiger partial charge on any atom is 3.00 e. The van der Waals surface area contributed by atoms with Crippen LogP contribution in [0.1, 0.15) is 33.5 Å². The summed E-state index contributed by atoms with van der Waals surface area (Å²) >= 11 is 11.9. The number of rotatable bonds is 12. The maximum absolute atomic E-state index is 12.7. The summed E-state index contributed by atoms with van der Waals surface area (Å²) < 4.78 is 54.8. The molecule has 0 unspecified atom stereocenters. The zero-order valence-electron chi connectivity index (χ0n) is 32.7. The summed E-state index contributed by atoms with van der Waals surface area (Å²) in [5.41, 5.74) is -0.729. The number of aromatic carboxylic acids is 2. The zero-order chi connectivity index (χ0) is 44.1. The van der Waals surface area contributed by atoms with Crippen molar-refractivity contribution in [2.75, 3.05) is 14.1 Å². The van der Waals surface area contributed by atoms with Gasteiger partial charge in [0.2, 0.25) is 20.0 Å². The number of hydrogen-bond donors (Lipinski definition) is 2. The minimum atomic E-state index is -4.06. The van der Waals surface area contributed by atoms with Crippen molar-refractivity contribution in [1.82, 2.24) is 29.0 Å². The van der Waals surface area contributed by atoms with Crippen LogP contribution in [0.4, 0.5) is 22.7 Å². The second-order valence-corrected chi connectivity index (χ2v) is 16.6. The van der Waals surface area contributed by atoms with Crippen LogP contribution in [0.15, 0.2) is 115 Å². The number of carbonyl (C=O) groups excluding carboxylic acids is 2. The fraction of sp³-hybridized carbons (Fsp3) is 0.111. The van der Waals surface area contributed by atoms with Crippen molar-refractivity contribution in [3.8, 4) is 23.1 Å². The van der Waals surface area contributed by atoms with Crippen molar-refractivity contribution in [1.29, 1.82) is 0 Å². The van der Waals surface area contributed by atoms with Gasteiger partial charge in [-0.25, -0.2) is 35.6 Å². The minimum absolute atomic E-state index is 0. The largest absolute Gasteiger partial charge is 3.00 e. The Morgan fingerprint density at radius 1 is 0.639 bits per heavy atom. The molecule has 0 aliphatic heterocycles. The first-order valence-corrected chi connectivity index (χ1v) is 20.5. The first-order chi connectivity index (χ1) is 28.3. The van der Waals surface area contributed by atoms with Crippen LogP contribution in [-0.4, -0.2) is 62.4 Å². The van der Waals surface area contributed by atoms with Gasteiger partial charge in [-0.3, -0.25) is 0 Å². The van der Waals surface area contributed by atoms with Gasteiger partial charge in [0.25, 0.3) is 0 Å². The molecule has 6 rings (SSSR count). The Bertz CT molecular complexity index is 2950. The van der Waals surface area contributed by atoms with Gasteiger partial charge in [-0.15, -0.1) is 20.5 Å². The number of nitrogens with zero attached hydrogens (tertiary/aromatic N) is 8. The van der Waals surface area contributed by atoms with Crippen LogP contribution >= 0.6 is 23.2 Å². The van der Waals surface area contributed by atoms with Gasteiger partial charge < -0.3 is 30.0 Å². The number of carboxylic acid groups (broad SMARTS) is 2. The molecule has 2 heterocycles. The van der Waals surface area contributed by atoms with Gasteiger partial charge in [0.05, 0.1) is 45.3 Å². The zero-order valence-corrected chi connectivity index (χ0v) is 36.1. The molecule has 6 aromatic rings. The van der Waals surface area contributed by atoms with E-state index in [0.717, 1.165) is 46.7 Å². The molecule has 2 N–H and O–H groups in total. The number of carboxylic acids is 2. The van der Waals surface area contributed by atoms with Gasteiger partial charge in [0.15, 0.2) is 0 Å². The average Bonchev–Trinajstić information content (AvgIpc) is 3.67. The van der Waals surface area contributed by atoms with E-state index in [1.165, 1.54) is 39.1 Å². The van der Waals surface area contributed by atoms with Gasteiger partial charge >= 0.3 is 18.8 Å². The van der Waals surface area contributed by atoms with E-state index in [2.05, 4.69) is 40.1 Å². The van der Waals surface area contributed by atoms with E-state index in [0.29, 0.717) is 21.4 Å². The summed E-state index contributed by atoms with van der Waals surface area (Å²) in [5.74, 6) is -4.47. The second-order valence-electron chi connectivity index (χ2n) is 12.0. The number of carbonyl (C=O) groups is 2. The van der Waals surface area contributed by atoms with E-state index in [1.54, 1.807) is 36.4 Å². The van der Waals surface area contributed by atoms with Crippen molar-refractivity contribution in [2.24, 2.45) is 20.5 Å². The van der Waals surface area contributed by atoms with E-state index in [9.17, 15) is 46.9 Å². The molecule has 0 saturated carbocycles. The van der Waals surface area contributed by atoms with Gasteiger partial charge in [0.1, 0.15) is 22.0 Å². The molecule has 61 heavy (non-hydrogen) atoms. The summed E-state index contributed by atoms with van der Waals surface area (Å²) in [7, 11) is -5.54. The Morgan fingerprint density at radius 2 is 1.10 bits per heavy atom. The number of hydrogen-bond acceptors (Lipinski definition) is 16. The average molecular weight is 949 g/mol. The molecule has 2 aromatic heterocycles. The summed E-state index contributed by atoms with van der Waals surface area (Å²) in [6.07, 6.45) is 0. The number of benzene rings is 4. The maximum atomic E-state index is 12.7. The van der Waals surface area contributed by atoms with E-state index < -0.39 is 59.9 Å². The van der Waals surface area contributed by atoms with Gasteiger partial charge in [-0.1, -0.05) is 47.5 Å². The topological polar surface area (TPSA) is 304 Å². The number of aryl methyl sites for hydroxylation is 2. The van der Waals surface area contributed by atoms with Crippen LogP contribution in [-0.2, 0) is 37.4 Å². The van der Waals surface area contributed by atoms with E-state index in [4.69, 9.17) is 23.2 Å². The van der Waals surface area contributed by atoms with Crippen LogP contribution in [0.2, 0.25) is 10.0 Å². The molecule has 25 heteroatoms. The number of azo groups is 2. The standard InChI is InChI=1S/2C18H16ClN5O5S.Cr/c1-10-15(17(25)24(23-10)12-6-3-5-11(19)9-12)21-22-16-13(18(26)27)7-4-8-14(16)30(28,29)20-2;1-10-16(17(25)24(23-10)12-5-3-4-11(19)8-12)22-21-15-9-13(30(28,29)20-2)6-7-14(15)18(26)27;/h2*3-9,20,25H,1-2H3,(H,26,27);/q;;+3/p-3. The molecule has 4 aromatic carbocycles. The van der Waals surface area contributed by atoms with Gasteiger partial charge in [-0.05, 0) is 88.6 Å². The van der Waals surface area contributed by atoms with Crippen LogP contribution in [0, 0.1) is 13.8 Å². The summed E-state index contributed by atoms with van der Waals surface area (Å²) in [6, 6.07) is 19.5. The smallest absolute Gasteiger partial charge is 0.857 e. The summed E-state index contributed by atoms with van der Waals surface area (Å²) in [5, 5.41) is 72.4. The third kappa shape index (κ3) is 10.7. The third-order valence-corrected chi connectivity index (χ3v) is 11.5. The molecule has 1 radical (unpaired) electrons. The van der Waals surface area contributed by atoms with E-state index >= 15 is 0 Å². The van der Waals surface area contributed by atoms with Crippen molar-refractivity contribution in [2.45, 2.75) is 23.6 Å². The predicted octanol–water partition coefficient (Wildman–Crippen LogP) is 3.30. The van der Waals surface area contributed by atoms with Gasteiger partial charge in [-0.2, -0.15) is 10.2 Å². The summed E-state index contributed by atoms with van der Waals surface area (Å²) in [6.45, 7) is 3.03. The molecule has 20 nitrogen and oxygen atoms in total. The molecular weight excluding hydrogens is 919 g/mol. The van der Waals surface area contributed by atoms with Crippen molar-refractivity contribution < 1.29 is 65.6 Å². The van der Waals surface area contributed by atoms with E-state index in [-0.39, 0.29) is 57.7 Å². The SMILES string of the molecule is CNS(=O)(=O)c1ccc(C(=O)[O-])c(N=Nc2c(C)nn(-c3cccc(Cl)c3)c2[O-])c1.CNS(=O)(=O)c1cccc(C(=O)[O-])c1N=Nc1c(C)nn(-c2cccc(Cl)c2)c1[O-].[Cr+3].[H+]. The molecular formula is C36H29Cl2CrN10O10S2. The Hall–Kier alpha value is -6.03. The van der Waals surface area contributed by atoms with Crippen LogP contribution < -0.4 is 29.9 Å². The monoisotopic (exact) mass is 947 g/mol. The van der Waals surface area contributed by atoms with Crippen LogP contribution in [0.3, 0.4) is 0 Å². The first-order valence-electron chi connectivity index (χ1n) is 16.7. The third-order valence-electron chi connectivity index (χ3n) is 8.13. The Kier molecular flexibility index (Phi) is 15.3. The number of nitrogens with one attached hydrogen (secondary N) is 2. The molecule has 0 atom stereocenters. The van der Waals surface area contributed by atoms with E-state index in [1.807, 2.05) is 0 Å². The van der Waals surface area contributed by atoms with Gasteiger partial charge in [0, 0.05) is 32.9 Å². The molecule has 315 valence electrons. The Morgan fingerprint density at radius 3 is 1.56 bits per heavy atom. The molecule has 0 aliphatic carbocycles. The molecule has 0 spiro atoms. The molecule has 0 saturated heterocycles. The quantitative estimate of drug-likeness (QED) is 0.167. The van der Waals surface area contributed by atoms with Crippen molar-refractivity contribution in [3.05, 3.63) is 117 Å². The second kappa shape index (κ2) is 19.6. The van der Waals surface area contributed by atoms with Crippen molar-refractivity contribution >= 4 is 77.9 Å². The number of sulfonamides is 2. The summed E-state index contributed by atoms with van der Waals surface area (Å²) in [4.78, 5) is 22.1. The van der Waals surface area contributed by atoms with Crippen LogP contribution in [0.25, 0.3) is 11.4 Å². The molecule has 0 aliphatic rings. The fourth-order valence-corrected chi connectivity index (χ4v) is 7.17.